The van der Waals surface area contributed by atoms with Crippen molar-refractivity contribution in [2.45, 2.75) is 6.61 Å². The van der Waals surface area contributed by atoms with E-state index < -0.39 is 11.8 Å². The van der Waals surface area contributed by atoms with Crippen LogP contribution in [0.2, 0.25) is 0 Å². The van der Waals surface area contributed by atoms with Crippen LogP contribution in [0.1, 0.15) is 21.9 Å². The van der Waals surface area contributed by atoms with Crippen molar-refractivity contribution in [2.75, 3.05) is 14.2 Å². The molecule has 31 heavy (non-hydrogen) atoms. The fourth-order valence-electron chi connectivity index (χ4n) is 2.60. The number of furan rings is 1. The lowest BCUT2D eigenvalue weighted by Gasteiger charge is -2.07. The Morgan fingerprint density at radius 2 is 1.71 bits per heavy atom. The van der Waals surface area contributed by atoms with Crippen LogP contribution >= 0.6 is 0 Å². The third kappa shape index (κ3) is 6.14. The summed E-state index contributed by atoms with van der Waals surface area (Å²) < 4.78 is 21.4. The van der Waals surface area contributed by atoms with Gasteiger partial charge in [0.2, 0.25) is 0 Å². The highest BCUT2D eigenvalue weighted by molar-refractivity contribution is 5.96. The predicted molar refractivity (Wildman–Crippen MR) is 114 cm³/mol. The van der Waals surface area contributed by atoms with Crippen LogP contribution in [0.3, 0.4) is 0 Å². The zero-order chi connectivity index (χ0) is 22.1. The number of para-hydroxylation sites is 1. The Morgan fingerprint density at radius 3 is 2.45 bits per heavy atom. The molecule has 3 rings (SSSR count). The van der Waals surface area contributed by atoms with Crippen molar-refractivity contribution in [1.29, 1.82) is 0 Å². The molecule has 0 radical (unpaired) electrons. The number of nitrogens with one attached hydrogen (secondary N) is 2. The van der Waals surface area contributed by atoms with E-state index in [0.29, 0.717) is 23.0 Å². The Hall–Kier alpha value is -4.20. The second kappa shape index (κ2) is 10.5. The summed E-state index contributed by atoms with van der Waals surface area (Å²) in [5, 5.41) is 0. The fourth-order valence-corrected chi connectivity index (χ4v) is 2.60. The van der Waals surface area contributed by atoms with Crippen molar-refractivity contribution in [3.05, 3.63) is 83.8 Å². The monoisotopic (exact) mass is 422 g/mol. The second-order valence-corrected chi connectivity index (χ2v) is 6.26. The van der Waals surface area contributed by atoms with Gasteiger partial charge in [-0.3, -0.25) is 20.4 Å². The number of methoxy groups -OCH3 is 2. The molecule has 160 valence electrons. The van der Waals surface area contributed by atoms with Crippen LogP contribution in [0.4, 0.5) is 0 Å². The molecule has 3 aromatic rings. The first-order chi connectivity index (χ1) is 15.1. The van der Waals surface area contributed by atoms with Gasteiger partial charge in [-0.25, -0.2) is 0 Å². The molecule has 0 aliphatic rings. The van der Waals surface area contributed by atoms with E-state index in [-0.39, 0.29) is 12.4 Å². The molecule has 2 amide bonds. The first kappa shape index (κ1) is 21.5. The van der Waals surface area contributed by atoms with E-state index in [1.54, 1.807) is 37.5 Å². The van der Waals surface area contributed by atoms with E-state index in [2.05, 4.69) is 10.9 Å². The van der Waals surface area contributed by atoms with Gasteiger partial charge in [0.1, 0.15) is 18.1 Å². The van der Waals surface area contributed by atoms with Gasteiger partial charge in [0, 0.05) is 6.08 Å². The molecule has 0 aliphatic heterocycles. The Kier molecular flexibility index (Phi) is 7.31. The van der Waals surface area contributed by atoms with Crippen LogP contribution in [-0.2, 0) is 11.4 Å². The van der Waals surface area contributed by atoms with Crippen molar-refractivity contribution < 1.29 is 28.2 Å². The van der Waals surface area contributed by atoms with Crippen molar-refractivity contribution in [3.63, 3.8) is 0 Å². The van der Waals surface area contributed by atoms with Crippen molar-refractivity contribution in [1.82, 2.24) is 10.9 Å². The van der Waals surface area contributed by atoms with Gasteiger partial charge in [-0.05, 0) is 48.0 Å². The maximum absolute atomic E-state index is 12.2. The van der Waals surface area contributed by atoms with Crippen LogP contribution in [0.15, 0.2) is 71.2 Å². The minimum Gasteiger partial charge on any atom is -0.493 e. The summed E-state index contributed by atoms with van der Waals surface area (Å²) in [7, 11) is 3.07. The molecule has 1 aromatic heterocycles. The van der Waals surface area contributed by atoms with Gasteiger partial charge in [0.05, 0.1) is 14.2 Å². The lowest BCUT2D eigenvalue weighted by atomic mass is 10.2. The van der Waals surface area contributed by atoms with Gasteiger partial charge in [-0.2, -0.15) is 0 Å². The van der Waals surface area contributed by atoms with Gasteiger partial charge in [-0.15, -0.1) is 0 Å². The maximum atomic E-state index is 12.2. The van der Waals surface area contributed by atoms with Crippen molar-refractivity contribution in [2.24, 2.45) is 0 Å². The normalized spacial score (nSPS) is 10.5. The van der Waals surface area contributed by atoms with Crippen LogP contribution in [0.5, 0.6) is 17.2 Å². The molecule has 0 aliphatic carbocycles. The third-order valence-electron chi connectivity index (χ3n) is 4.14. The van der Waals surface area contributed by atoms with E-state index in [1.165, 1.54) is 19.3 Å². The second-order valence-electron chi connectivity index (χ2n) is 6.26. The highest BCUT2D eigenvalue weighted by Crippen LogP contribution is 2.27. The number of hydrogen-bond donors (Lipinski definition) is 2. The highest BCUT2D eigenvalue weighted by atomic mass is 16.5. The zero-order valence-electron chi connectivity index (χ0n) is 17.1. The van der Waals surface area contributed by atoms with Gasteiger partial charge in [-0.1, -0.05) is 24.3 Å². The standard InChI is InChI=1S/C23H22N2O6/c1-28-19-11-8-16(14-21(19)29-2)9-13-22(26)24-25-23(27)20-12-10-18(31-20)15-30-17-6-4-3-5-7-17/h3-14H,15H2,1-2H3,(H,24,26)(H,25,27)/b13-9+. The molecule has 0 saturated carbocycles. The van der Waals surface area contributed by atoms with E-state index in [9.17, 15) is 9.59 Å². The van der Waals surface area contributed by atoms with E-state index in [0.717, 1.165) is 5.56 Å². The highest BCUT2D eigenvalue weighted by Gasteiger charge is 2.12. The fraction of sp³-hybridized carbons (Fsp3) is 0.130. The largest absolute Gasteiger partial charge is 0.493 e. The molecule has 2 aromatic carbocycles. The number of benzene rings is 2. The summed E-state index contributed by atoms with van der Waals surface area (Å²) in [5.41, 5.74) is 5.32. The van der Waals surface area contributed by atoms with Crippen LogP contribution in [0.25, 0.3) is 6.08 Å². The molecule has 2 N–H and O–H groups in total. The smallest absolute Gasteiger partial charge is 0.305 e. The number of rotatable bonds is 8. The zero-order valence-corrected chi connectivity index (χ0v) is 17.1. The van der Waals surface area contributed by atoms with Crippen molar-refractivity contribution in [3.8, 4) is 17.2 Å². The summed E-state index contributed by atoms with van der Waals surface area (Å²) in [6, 6.07) is 17.6. The van der Waals surface area contributed by atoms with Gasteiger partial charge in [0.25, 0.3) is 5.91 Å². The number of hydrazine groups is 1. The lowest BCUT2D eigenvalue weighted by Crippen LogP contribution is -2.40. The Balaban J connectivity index is 1.48. The SMILES string of the molecule is COc1ccc(/C=C/C(=O)NNC(=O)c2ccc(COc3ccccc3)o2)cc1OC. The van der Waals surface area contributed by atoms with Gasteiger partial charge in [0.15, 0.2) is 17.3 Å². The molecular weight excluding hydrogens is 400 g/mol. The molecule has 0 bridgehead atoms. The Morgan fingerprint density at radius 1 is 0.935 bits per heavy atom. The maximum Gasteiger partial charge on any atom is 0.305 e. The number of ether oxygens (including phenoxy) is 3. The minimum absolute atomic E-state index is 0.0517. The van der Waals surface area contributed by atoms with Gasteiger partial charge < -0.3 is 18.6 Å². The molecule has 0 spiro atoms. The predicted octanol–water partition coefficient (Wildman–Crippen LogP) is 3.35. The molecule has 8 nitrogen and oxygen atoms in total. The quantitative estimate of drug-likeness (QED) is 0.427. The summed E-state index contributed by atoms with van der Waals surface area (Å²) in [4.78, 5) is 24.1. The van der Waals surface area contributed by atoms with Crippen LogP contribution < -0.4 is 25.1 Å². The van der Waals surface area contributed by atoms with Gasteiger partial charge >= 0.3 is 5.91 Å². The number of carbonyl (C=O) groups excluding carboxylic acids is 2. The molecule has 0 fully saturated rings. The minimum atomic E-state index is -0.584. The van der Waals surface area contributed by atoms with E-state index in [1.807, 2.05) is 30.3 Å². The molecule has 1 heterocycles. The molecule has 0 atom stereocenters. The average Bonchev–Trinajstić information content (AvgIpc) is 3.29. The summed E-state index contributed by atoms with van der Waals surface area (Å²) in [6.45, 7) is 0.178. The summed E-state index contributed by atoms with van der Waals surface area (Å²) in [5.74, 6) is 1.26. The number of hydrogen-bond acceptors (Lipinski definition) is 6. The first-order valence-corrected chi connectivity index (χ1v) is 9.36. The molecule has 0 unspecified atom stereocenters. The van der Waals surface area contributed by atoms with Crippen LogP contribution in [-0.4, -0.2) is 26.0 Å². The molecule has 8 heteroatoms. The first-order valence-electron chi connectivity index (χ1n) is 9.36. The Labute approximate surface area is 179 Å². The Bertz CT molecular complexity index is 1060. The summed E-state index contributed by atoms with van der Waals surface area (Å²) >= 11 is 0. The number of carbonyl (C=O) groups is 2. The van der Waals surface area contributed by atoms with Crippen molar-refractivity contribution >= 4 is 17.9 Å². The van der Waals surface area contributed by atoms with E-state index >= 15 is 0 Å². The lowest BCUT2D eigenvalue weighted by molar-refractivity contribution is -0.117. The van der Waals surface area contributed by atoms with Crippen LogP contribution in [0, 0.1) is 0 Å². The summed E-state index contributed by atoms with van der Waals surface area (Å²) in [6.07, 6.45) is 2.86. The van der Waals surface area contributed by atoms with E-state index in [4.69, 9.17) is 18.6 Å². The topological polar surface area (TPSA) is 99.0 Å². The molecular formula is C23H22N2O6. The number of amides is 2. The third-order valence-corrected chi connectivity index (χ3v) is 4.14. The average molecular weight is 422 g/mol. The molecule has 0 saturated heterocycles.